The summed E-state index contributed by atoms with van der Waals surface area (Å²) in [6.07, 6.45) is 3.65. The number of amides is 1. The molecule has 0 radical (unpaired) electrons. The van der Waals surface area contributed by atoms with Crippen LogP contribution in [0.2, 0.25) is 0 Å². The van der Waals surface area contributed by atoms with Crippen LogP contribution in [0.15, 0.2) is 12.4 Å². The van der Waals surface area contributed by atoms with E-state index in [0.717, 1.165) is 0 Å². The molecule has 0 aliphatic heterocycles. The Labute approximate surface area is 75.5 Å². The molecular weight excluding hydrogens is 178 g/mol. The van der Waals surface area contributed by atoms with Crippen molar-refractivity contribution in [3.63, 3.8) is 0 Å². The summed E-state index contributed by atoms with van der Waals surface area (Å²) in [5.74, 6) is 0.254. The van der Waals surface area contributed by atoms with Crippen LogP contribution < -0.4 is 5.32 Å². The van der Waals surface area contributed by atoms with Gasteiger partial charge in [-0.15, -0.1) is 11.6 Å². The van der Waals surface area contributed by atoms with Crippen LogP contribution in [0.4, 0.5) is 5.69 Å². The molecule has 1 aromatic rings. The molecule has 1 aromatic heterocycles. The Morgan fingerprint density at radius 1 is 1.83 bits per heavy atom. The molecule has 12 heavy (non-hydrogen) atoms. The van der Waals surface area contributed by atoms with E-state index in [2.05, 4.69) is 10.4 Å². The molecule has 1 amide bonds. The van der Waals surface area contributed by atoms with E-state index in [1.165, 1.54) is 0 Å². The molecule has 1 rings (SSSR count). The molecule has 0 saturated heterocycles. The van der Waals surface area contributed by atoms with E-state index in [-0.39, 0.29) is 5.91 Å². The van der Waals surface area contributed by atoms with E-state index < -0.39 is 0 Å². The van der Waals surface area contributed by atoms with Gasteiger partial charge in [0.25, 0.3) is 0 Å². The fourth-order valence-electron chi connectivity index (χ4n) is 0.795. The molecule has 0 atom stereocenters. The predicted molar refractivity (Wildman–Crippen MR) is 47.2 cm³/mol. The number of hydrogen-bond acceptors (Lipinski definition) is 2. The predicted octanol–water partition coefficient (Wildman–Crippen LogP) is 0.987. The van der Waals surface area contributed by atoms with E-state index >= 15 is 0 Å². The van der Waals surface area contributed by atoms with Crippen molar-refractivity contribution in [3.05, 3.63) is 12.4 Å². The van der Waals surface area contributed by atoms with E-state index in [1.807, 2.05) is 0 Å². The number of nitrogens with zero attached hydrogens (tertiary/aromatic N) is 2. The third-order valence-electron chi connectivity index (χ3n) is 1.31. The van der Waals surface area contributed by atoms with Crippen molar-refractivity contribution in [2.75, 3.05) is 11.2 Å². The first kappa shape index (κ1) is 9.06. The van der Waals surface area contributed by atoms with Gasteiger partial charge < -0.3 is 5.32 Å². The Balaban J connectivity index is 2.46. The molecule has 0 unspecified atom stereocenters. The van der Waals surface area contributed by atoms with E-state index in [1.54, 1.807) is 24.1 Å². The fraction of sp³-hybridized carbons (Fsp3) is 0.429. The van der Waals surface area contributed by atoms with Gasteiger partial charge in [0.2, 0.25) is 5.91 Å². The highest BCUT2D eigenvalue weighted by atomic mass is 35.5. The first-order valence-corrected chi connectivity index (χ1v) is 4.10. The first-order chi connectivity index (χ1) is 5.72. The van der Waals surface area contributed by atoms with E-state index in [0.29, 0.717) is 18.0 Å². The number of rotatable bonds is 3. The molecule has 0 spiro atoms. The van der Waals surface area contributed by atoms with Gasteiger partial charge in [-0.3, -0.25) is 9.48 Å². The van der Waals surface area contributed by atoms with Crippen molar-refractivity contribution in [1.82, 2.24) is 9.78 Å². The zero-order valence-corrected chi connectivity index (χ0v) is 7.51. The van der Waals surface area contributed by atoms with E-state index in [9.17, 15) is 4.79 Å². The lowest BCUT2D eigenvalue weighted by Crippen LogP contribution is -2.10. The molecule has 1 N–H and O–H groups in total. The van der Waals surface area contributed by atoms with Gasteiger partial charge >= 0.3 is 0 Å². The third-order valence-corrected chi connectivity index (χ3v) is 1.50. The lowest BCUT2D eigenvalue weighted by atomic mass is 10.4. The number of hydrogen-bond donors (Lipinski definition) is 1. The summed E-state index contributed by atoms with van der Waals surface area (Å²) in [6.45, 7) is 0. The maximum Gasteiger partial charge on any atom is 0.225 e. The molecule has 0 bridgehead atoms. The molecule has 0 saturated carbocycles. The van der Waals surface area contributed by atoms with Crippen molar-refractivity contribution in [1.29, 1.82) is 0 Å². The molecular formula is C7H10ClN3O. The van der Waals surface area contributed by atoms with Gasteiger partial charge in [0, 0.05) is 25.5 Å². The number of carbonyl (C=O) groups excluding carboxylic acids is 1. The fourth-order valence-corrected chi connectivity index (χ4v) is 0.967. The van der Waals surface area contributed by atoms with Crippen molar-refractivity contribution in [2.24, 2.45) is 7.05 Å². The Morgan fingerprint density at radius 2 is 2.58 bits per heavy atom. The smallest absolute Gasteiger partial charge is 0.225 e. The minimum absolute atomic E-state index is 0.0852. The molecule has 1 heterocycles. The van der Waals surface area contributed by atoms with Crippen LogP contribution in [0, 0.1) is 0 Å². The molecule has 5 heteroatoms. The molecule has 0 aliphatic rings. The van der Waals surface area contributed by atoms with Crippen LogP contribution in [0.25, 0.3) is 0 Å². The second kappa shape index (κ2) is 4.11. The number of nitrogens with one attached hydrogen (secondary N) is 1. The number of aromatic nitrogens is 2. The standard InChI is InChI=1S/C7H10ClN3O/c1-11-5-6(4-9-11)10-7(12)2-3-8/h4-5H,2-3H2,1H3,(H,10,12). The van der Waals surface area contributed by atoms with Gasteiger partial charge in [-0.25, -0.2) is 0 Å². The zero-order chi connectivity index (χ0) is 8.97. The number of halogens is 1. The third kappa shape index (κ3) is 2.54. The van der Waals surface area contributed by atoms with Crippen molar-refractivity contribution >= 4 is 23.2 Å². The zero-order valence-electron chi connectivity index (χ0n) is 6.75. The summed E-state index contributed by atoms with van der Waals surface area (Å²) < 4.78 is 1.62. The van der Waals surface area contributed by atoms with Crippen molar-refractivity contribution in [2.45, 2.75) is 6.42 Å². The topological polar surface area (TPSA) is 46.9 Å². The number of carbonyl (C=O) groups is 1. The van der Waals surface area contributed by atoms with Gasteiger partial charge in [-0.05, 0) is 0 Å². The summed E-state index contributed by atoms with van der Waals surface area (Å²) in [7, 11) is 1.79. The molecule has 4 nitrogen and oxygen atoms in total. The van der Waals surface area contributed by atoms with Gasteiger partial charge in [0.1, 0.15) is 0 Å². The largest absolute Gasteiger partial charge is 0.323 e. The molecule has 0 aliphatic carbocycles. The van der Waals surface area contributed by atoms with Gasteiger partial charge in [0.15, 0.2) is 0 Å². The minimum Gasteiger partial charge on any atom is -0.323 e. The Kier molecular flexibility index (Phi) is 3.10. The van der Waals surface area contributed by atoms with Crippen LogP contribution in [0.5, 0.6) is 0 Å². The van der Waals surface area contributed by atoms with E-state index in [4.69, 9.17) is 11.6 Å². The number of aryl methyl sites for hydroxylation is 1. The summed E-state index contributed by atoms with van der Waals surface area (Å²) in [5, 5.41) is 6.56. The Bertz CT molecular complexity index is 271. The SMILES string of the molecule is Cn1cc(NC(=O)CCCl)cn1. The number of anilines is 1. The second-order valence-electron chi connectivity index (χ2n) is 2.39. The normalized spacial score (nSPS) is 9.83. The van der Waals surface area contributed by atoms with Crippen LogP contribution in [0.3, 0.4) is 0 Å². The highest BCUT2D eigenvalue weighted by Crippen LogP contribution is 2.03. The Hall–Kier alpha value is -1.03. The van der Waals surface area contributed by atoms with Crippen LogP contribution in [-0.4, -0.2) is 21.6 Å². The number of alkyl halides is 1. The van der Waals surface area contributed by atoms with Crippen LogP contribution in [0.1, 0.15) is 6.42 Å². The Morgan fingerprint density at radius 3 is 3.08 bits per heavy atom. The average molecular weight is 188 g/mol. The van der Waals surface area contributed by atoms with Crippen LogP contribution >= 0.6 is 11.6 Å². The highest BCUT2D eigenvalue weighted by Gasteiger charge is 2.01. The maximum absolute atomic E-state index is 11.0. The second-order valence-corrected chi connectivity index (χ2v) is 2.77. The maximum atomic E-state index is 11.0. The summed E-state index contributed by atoms with van der Waals surface area (Å²) in [5.41, 5.74) is 0.701. The molecule has 0 fully saturated rings. The molecule has 0 aromatic carbocycles. The van der Waals surface area contributed by atoms with Crippen molar-refractivity contribution in [3.8, 4) is 0 Å². The monoisotopic (exact) mass is 187 g/mol. The minimum atomic E-state index is -0.0852. The summed E-state index contributed by atoms with van der Waals surface area (Å²) >= 11 is 5.39. The summed E-state index contributed by atoms with van der Waals surface area (Å²) in [6, 6.07) is 0. The van der Waals surface area contributed by atoms with Gasteiger partial charge in [0.05, 0.1) is 11.9 Å². The first-order valence-electron chi connectivity index (χ1n) is 3.57. The average Bonchev–Trinajstić information content (AvgIpc) is 2.36. The van der Waals surface area contributed by atoms with Crippen molar-refractivity contribution < 1.29 is 4.79 Å². The van der Waals surface area contributed by atoms with Crippen LogP contribution in [-0.2, 0) is 11.8 Å². The highest BCUT2D eigenvalue weighted by molar-refractivity contribution is 6.19. The summed E-state index contributed by atoms with van der Waals surface area (Å²) in [4.78, 5) is 11.0. The lowest BCUT2D eigenvalue weighted by molar-refractivity contribution is -0.115. The van der Waals surface area contributed by atoms with Gasteiger partial charge in [-0.2, -0.15) is 5.10 Å². The van der Waals surface area contributed by atoms with Gasteiger partial charge in [-0.1, -0.05) is 0 Å². The quantitative estimate of drug-likeness (QED) is 0.718. The molecule has 66 valence electrons. The lowest BCUT2D eigenvalue weighted by Gasteiger charge is -1.97.